The fourth-order valence-electron chi connectivity index (χ4n) is 2.48. The molecule has 0 fully saturated rings. The van der Waals surface area contributed by atoms with Crippen molar-refractivity contribution in [2.24, 2.45) is 0 Å². The first-order chi connectivity index (χ1) is 11.4. The van der Waals surface area contributed by atoms with Crippen molar-refractivity contribution >= 4 is 17.5 Å². The molecule has 3 nitrogen and oxygen atoms in total. The van der Waals surface area contributed by atoms with Crippen molar-refractivity contribution in [3.05, 3.63) is 70.5 Å². The van der Waals surface area contributed by atoms with Gasteiger partial charge in [0.05, 0.1) is 12.6 Å². The maximum atomic E-state index is 12.9. The van der Waals surface area contributed by atoms with E-state index in [4.69, 9.17) is 11.6 Å². The zero-order chi connectivity index (χ0) is 17.7. The normalized spacial score (nSPS) is 12.2. The molecule has 0 aromatic heterocycles. The summed E-state index contributed by atoms with van der Waals surface area (Å²) in [6.07, 6.45) is 0. The lowest BCUT2D eigenvalue weighted by Gasteiger charge is -2.27. The molecule has 2 rings (SSSR count). The van der Waals surface area contributed by atoms with Crippen LogP contribution in [0.1, 0.15) is 24.1 Å². The molecule has 5 heteroatoms. The minimum Gasteiger partial charge on any atom is -0.338 e. The minimum atomic E-state index is -0.256. The predicted molar refractivity (Wildman–Crippen MR) is 95.4 cm³/mol. The van der Waals surface area contributed by atoms with Gasteiger partial charge in [-0.15, -0.1) is 0 Å². The Morgan fingerprint density at radius 3 is 2.25 bits per heavy atom. The summed E-state index contributed by atoms with van der Waals surface area (Å²) in [6, 6.07) is 13.8. The van der Waals surface area contributed by atoms with Gasteiger partial charge in [-0.25, -0.2) is 4.39 Å². The van der Waals surface area contributed by atoms with Crippen LogP contribution in [0.15, 0.2) is 48.5 Å². The number of carbonyl (C=O) groups is 1. The number of halogens is 2. The monoisotopic (exact) mass is 348 g/mol. The zero-order valence-electron chi connectivity index (χ0n) is 14.2. The third-order valence-corrected chi connectivity index (χ3v) is 4.35. The fraction of sp³-hybridized carbons (Fsp3) is 0.316. The number of likely N-dealkylation sites (N-methyl/N-ethyl adjacent to an activating group) is 2. The van der Waals surface area contributed by atoms with E-state index in [0.717, 1.165) is 11.1 Å². The van der Waals surface area contributed by atoms with E-state index in [-0.39, 0.29) is 17.8 Å². The topological polar surface area (TPSA) is 23.6 Å². The maximum Gasteiger partial charge on any atom is 0.236 e. The maximum absolute atomic E-state index is 12.9. The Bertz CT molecular complexity index is 673. The molecular formula is C19H22ClFN2O. The van der Waals surface area contributed by atoms with Crippen molar-refractivity contribution < 1.29 is 9.18 Å². The lowest BCUT2D eigenvalue weighted by molar-refractivity contribution is -0.132. The number of nitrogens with zero attached hydrogens (tertiary/aromatic N) is 2. The third-order valence-electron chi connectivity index (χ3n) is 4.10. The van der Waals surface area contributed by atoms with E-state index in [1.807, 2.05) is 43.1 Å². The van der Waals surface area contributed by atoms with Crippen LogP contribution in [-0.2, 0) is 11.3 Å². The first-order valence-electron chi connectivity index (χ1n) is 7.81. The van der Waals surface area contributed by atoms with Crippen molar-refractivity contribution in [1.29, 1.82) is 0 Å². The zero-order valence-corrected chi connectivity index (χ0v) is 14.9. The molecule has 2 aromatic carbocycles. The van der Waals surface area contributed by atoms with E-state index in [1.54, 1.807) is 24.1 Å². The molecule has 0 saturated heterocycles. The summed E-state index contributed by atoms with van der Waals surface area (Å²) in [5, 5.41) is 0.680. The van der Waals surface area contributed by atoms with E-state index in [0.29, 0.717) is 18.1 Å². The number of hydrogen-bond acceptors (Lipinski definition) is 2. The van der Waals surface area contributed by atoms with Crippen molar-refractivity contribution in [1.82, 2.24) is 9.80 Å². The predicted octanol–water partition coefficient (Wildman–Crippen LogP) is 4.13. The van der Waals surface area contributed by atoms with Crippen molar-refractivity contribution in [2.45, 2.75) is 19.5 Å². The van der Waals surface area contributed by atoms with Crippen LogP contribution in [0.25, 0.3) is 0 Å². The van der Waals surface area contributed by atoms with E-state index in [2.05, 4.69) is 0 Å². The molecule has 0 bridgehead atoms. The molecule has 0 spiro atoms. The molecule has 0 aliphatic heterocycles. The molecule has 2 aromatic rings. The molecule has 0 radical (unpaired) electrons. The van der Waals surface area contributed by atoms with Gasteiger partial charge in [0.25, 0.3) is 0 Å². The Hall–Kier alpha value is -1.91. The van der Waals surface area contributed by atoms with Crippen LogP contribution < -0.4 is 0 Å². The lowest BCUT2D eigenvalue weighted by atomic mass is 10.1. The Morgan fingerprint density at radius 1 is 1.08 bits per heavy atom. The van der Waals surface area contributed by atoms with Gasteiger partial charge in [-0.1, -0.05) is 35.9 Å². The first kappa shape index (κ1) is 18.4. The summed E-state index contributed by atoms with van der Waals surface area (Å²) in [6.45, 7) is 2.88. The summed E-state index contributed by atoms with van der Waals surface area (Å²) >= 11 is 5.90. The van der Waals surface area contributed by atoms with Gasteiger partial charge in [-0.05, 0) is 49.4 Å². The fourth-order valence-corrected chi connectivity index (χ4v) is 2.61. The Morgan fingerprint density at radius 2 is 1.67 bits per heavy atom. The number of rotatable bonds is 6. The van der Waals surface area contributed by atoms with Gasteiger partial charge in [0.2, 0.25) is 5.91 Å². The standard InChI is InChI=1S/C19H22ClFN2O/c1-14(16-6-8-17(20)9-7-16)23(3)19(24)13-22(2)12-15-4-10-18(21)11-5-15/h4-11,14H,12-13H2,1-3H3. The quantitative estimate of drug-likeness (QED) is 0.783. The Labute approximate surface area is 147 Å². The highest BCUT2D eigenvalue weighted by molar-refractivity contribution is 6.30. The smallest absolute Gasteiger partial charge is 0.236 e. The average molecular weight is 349 g/mol. The summed E-state index contributed by atoms with van der Waals surface area (Å²) in [7, 11) is 3.68. The largest absolute Gasteiger partial charge is 0.338 e. The number of hydrogen-bond donors (Lipinski definition) is 0. The molecule has 0 saturated carbocycles. The molecule has 128 valence electrons. The van der Waals surface area contributed by atoms with Crippen molar-refractivity contribution in [3.63, 3.8) is 0 Å². The van der Waals surface area contributed by atoms with Crippen LogP contribution >= 0.6 is 11.6 Å². The number of amides is 1. The highest BCUT2D eigenvalue weighted by Crippen LogP contribution is 2.21. The molecule has 1 atom stereocenters. The molecule has 0 aliphatic carbocycles. The first-order valence-corrected chi connectivity index (χ1v) is 8.18. The second-order valence-electron chi connectivity index (χ2n) is 6.03. The molecule has 0 aliphatic rings. The third kappa shape index (κ3) is 5.05. The number of benzene rings is 2. The highest BCUT2D eigenvalue weighted by atomic mass is 35.5. The summed E-state index contributed by atoms with van der Waals surface area (Å²) in [5.41, 5.74) is 2.01. The second kappa shape index (κ2) is 8.27. The van der Waals surface area contributed by atoms with E-state index >= 15 is 0 Å². The lowest BCUT2D eigenvalue weighted by Crippen LogP contribution is -2.37. The molecule has 0 heterocycles. The molecule has 1 amide bonds. The van der Waals surface area contributed by atoms with E-state index in [9.17, 15) is 9.18 Å². The van der Waals surface area contributed by atoms with Crippen LogP contribution in [0.4, 0.5) is 4.39 Å². The Balaban J connectivity index is 1.92. The van der Waals surface area contributed by atoms with Crippen LogP contribution in [0.2, 0.25) is 5.02 Å². The van der Waals surface area contributed by atoms with E-state index in [1.165, 1.54) is 12.1 Å². The average Bonchev–Trinajstić information content (AvgIpc) is 2.56. The second-order valence-corrected chi connectivity index (χ2v) is 6.47. The van der Waals surface area contributed by atoms with E-state index < -0.39 is 0 Å². The van der Waals surface area contributed by atoms with Gasteiger partial charge < -0.3 is 4.90 Å². The minimum absolute atomic E-state index is 0.0297. The van der Waals surface area contributed by atoms with Gasteiger partial charge in [0, 0.05) is 18.6 Å². The van der Waals surface area contributed by atoms with Crippen LogP contribution in [-0.4, -0.2) is 36.3 Å². The van der Waals surface area contributed by atoms with Gasteiger partial charge in [-0.3, -0.25) is 9.69 Å². The summed E-state index contributed by atoms with van der Waals surface area (Å²) in [4.78, 5) is 16.1. The van der Waals surface area contributed by atoms with Gasteiger partial charge in [0.15, 0.2) is 0 Å². The SMILES string of the molecule is CC(c1ccc(Cl)cc1)N(C)C(=O)CN(C)Cc1ccc(F)cc1. The summed E-state index contributed by atoms with van der Waals surface area (Å²) in [5.74, 6) is -0.226. The molecule has 0 N–H and O–H groups in total. The van der Waals surface area contributed by atoms with Gasteiger partial charge >= 0.3 is 0 Å². The van der Waals surface area contributed by atoms with Gasteiger partial charge in [0.1, 0.15) is 5.82 Å². The molecule has 1 unspecified atom stereocenters. The summed E-state index contributed by atoms with van der Waals surface area (Å²) < 4.78 is 12.9. The number of carbonyl (C=O) groups excluding carboxylic acids is 1. The highest BCUT2D eigenvalue weighted by Gasteiger charge is 2.18. The molecular weight excluding hydrogens is 327 g/mol. The van der Waals surface area contributed by atoms with Crippen molar-refractivity contribution in [2.75, 3.05) is 20.6 Å². The Kier molecular flexibility index (Phi) is 6.35. The van der Waals surface area contributed by atoms with Gasteiger partial charge in [-0.2, -0.15) is 0 Å². The molecule has 24 heavy (non-hydrogen) atoms. The van der Waals surface area contributed by atoms with Crippen LogP contribution in [0.5, 0.6) is 0 Å². The van der Waals surface area contributed by atoms with Crippen LogP contribution in [0, 0.1) is 5.82 Å². The van der Waals surface area contributed by atoms with Crippen molar-refractivity contribution in [3.8, 4) is 0 Å². The van der Waals surface area contributed by atoms with Crippen LogP contribution in [0.3, 0.4) is 0 Å².